The molecule has 1 amide bonds. The van der Waals surface area contributed by atoms with Crippen LogP contribution in [-0.2, 0) is 4.79 Å². The summed E-state index contributed by atoms with van der Waals surface area (Å²) in [5.41, 5.74) is -1.23. The second kappa shape index (κ2) is 6.52. The highest BCUT2D eigenvalue weighted by molar-refractivity contribution is 7.17. The number of hydrogen-bond donors (Lipinski definition) is 2. The number of halogens is 2. The summed E-state index contributed by atoms with van der Waals surface area (Å²) in [4.78, 5) is 27.2. The Balaban J connectivity index is 2.15. The molecule has 0 unspecified atom stereocenters. The number of amides is 1. The van der Waals surface area contributed by atoms with Crippen LogP contribution in [0.2, 0.25) is 0 Å². The van der Waals surface area contributed by atoms with Crippen molar-refractivity contribution in [2.45, 2.75) is 26.4 Å². The number of carbonyl (C=O) groups is 2. The molecule has 0 aliphatic carbocycles. The number of carboxylic acid groups (broad SMARTS) is 1. The van der Waals surface area contributed by atoms with Crippen molar-refractivity contribution in [3.63, 3.8) is 0 Å². The molecule has 0 spiro atoms. The Hall–Kier alpha value is -2.55. The summed E-state index contributed by atoms with van der Waals surface area (Å²) in [6.45, 7) is 4.29. The maximum atomic E-state index is 13.6. The number of anilines is 1. The lowest BCUT2D eigenvalue weighted by Crippen LogP contribution is -2.42. The van der Waals surface area contributed by atoms with E-state index in [4.69, 9.17) is 9.84 Å². The number of hydrogen-bond acceptors (Lipinski definition) is 5. The van der Waals surface area contributed by atoms with E-state index >= 15 is 0 Å². The fraction of sp³-hybridized carbons (Fsp3) is 0.267. The molecule has 2 aromatic rings. The number of nitrogens with zero attached hydrogens (tertiary/aromatic N) is 1. The third-order valence-corrected chi connectivity index (χ3v) is 4.08. The van der Waals surface area contributed by atoms with Gasteiger partial charge >= 0.3 is 5.97 Å². The van der Waals surface area contributed by atoms with Gasteiger partial charge in [0, 0.05) is 6.07 Å². The van der Waals surface area contributed by atoms with Gasteiger partial charge in [-0.15, -0.1) is 0 Å². The second-order valence-corrected chi connectivity index (χ2v) is 6.38. The molecule has 0 aliphatic rings. The smallest absolute Gasteiger partial charge is 0.347 e. The molecule has 6 nitrogen and oxygen atoms in total. The van der Waals surface area contributed by atoms with Crippen molar-refractivity contribution < 1.29 is 28.2 Å². The second-order valence-electron chi connectivity index (χ2n) is 5.38. The average Bonchev–Trinajstić information content (AvgIpc) is 2.83. The van der Waals surface area contributed by atoms with Crippen molar-refractivity contribution in [3.05, 3.63) is 40.4 Å². The van der Waals surface area contributed by atoms with Gasteiger partial charge in [-0.05, 0) is 32.9 Å². The Labute approximate surface area is 140 Å². The van der Waals surface area contributed by atoms with E-state index in [1.807, 2.05) is 0 Å². The standard InChI is InChI=1S/C15H14F2N2O4S/c1-7-11(12(20)21)24-14(18-7)19-13(22)15(2,3)23-10-5-4-8(16)6-9(10)17/h4-6H,1-3H3,(H,20,21)(H,18,19,22). The molecular formula is C15H14F2N2O4S. The lowest BCUT2D eigenvalue weighted by molar-refractivity contribution is -0.128. The van der Waals surface area contributed by atoms with Crippen molar-refractivity contribution >= 4 is 28.3 Å². The molecule has 0 fully saturated rings. The minimum absolute atomic E-state index is 0.00797. The molecule has 2 rings (SSSR count). The predicted octanol–water partition coefficient (Wildman–Crippen LogP) is 3.22. The summed E-state index contributed by atoms with van der Waals surface area (Å²) in [5.74, 6) is -3.78. The summed E-state index contributed by atoms with van der Waals surface area (Å²) in [6, 6.07) is 2.73. The van der Waals surface area contributed by atoms with Crippen molar-refractivity contribution in [2.24, 2.45) is 0 Å². The molecule has 1 heterocycles. The van der Waals surface area contributed by atoms with Crippen molar-refractivity contribution in [1.29, 1.82) is 0 Å². The predicted molar refractivity (Wildman–Crippen MR) is 83.5 cm³/mol. The maximum Gasteiger partial charge on any atom is 0.347 e. The van der Waals surface area contributed by atoms with Crippen LogP contribution in [0, 0.1) is 18.6 Å². The minimum atomic E-state index is -1.50. The Morgan fingerprint density at radius 2 is 2.00 bits per heavy atom. The van der Waals surface area contributed by atoms with Gasteiger partial charge in [0.05, 0.1) is 5.69 Å². The molecule has 24 heavy (non-hydrogen) atoms. The van der Waals surface area contributed by atoms with Crippen LogP contribution in [0.4, 0.5) is 13.9 Å². The highest BCUT2D eigenvalue weighted by atomic mass is 32.1. The number of aromatic nitrogens is 1. The fourth-order valence-electron chi connectivity index (χ4n) is 1.78. The van der Waals surface area contributed by atoms with Gasteiger partial charge in [0.1, 0.15) is 10.7 Å². The molecule has 9 heteroatoms. The Bertz CT molecular complexity index is 805. The number of ether oxygens (including phenoxy) is 1. The largest absolute Gasteiger partial charge is 0.477 e. The molecule has 0 atom stereocenters. The highest BCUT2D eigenvalue weighted by Crippen LogP contribution is 2.26. The van der Waals surface area contributed by atoms with E-state index in [0.29, 0.717) is 6.07 Å². The number of thiazole rings is 1. The Morgan fingerprint density at radius 3 is 2.54 bits per heavy atom. The summed E-state index contributed by atoms with van der Waals surface area (Å²) in [5, 5.41) is 11.5. The zero-order valence-corrected chi connectivity index (χ0v) is 13.8. The molecule has 0 saturated heterocycles. The topological polar surface area (TPSA) is 88.5 Å². The van der Waals surface area contributed by atoms with E-state index in [-0.39, 0.29) is 21.5 Å². The third-order valence-electron chi connectivity index (χ3n) is 3.02. The number of aryl methyl sites for hydroxylation is 1. The molecule has 1 aromatic carbocycles. The zero-order valence-electron chi connectivity index (χ0n) is 13.0. The summed E-state index contributed by atoms with van der Waals surface area (Å²) in [6.07, 6.45) is 0. The van der Waals surface area contributed by atoms with Crippen LogP contribution in [-0.4, -0.2) is 27.6 Å². The fourth-order valence-corrected chi connectivity index (χ4v) is 2.58. The highest BCUT2D eigenvalue weighted by Gasteiger charge is 2.32. The minimum Gasteiger partial charge on any atom is -0.477 e. The summed E-state index contributed by atoms with van der Waals surface area (Å²) < 4.78 is 31.9. The molecule has 0 radical (unpaired) electrons. The van der Waals surface area contributed by atoms with Crippen LogP contribution in [0.1, 0.15) is 29.2 Å². The van der Waals surface area contributed by atoms with Crippen molar-refractivity contribution in [3.8, 4) is 5.75 Å². The number of rotatable bonds is 5. The van der Waals surface area contributed by atoms with Gasteiger partial charge < -0.3 is 9.84 Å². The van der Waals surface area contributed by atoms with Crippen LogP contribution >= 0.6 is 11.3 Å². The maximum absolute atomic E-state index is 13.6. The quantitative estimate of drug-likeness (QED) is 0.859. The normalized spacial score (nSPS) is 11.2. The van der Waals surface area contributed by atoms with Crippen molar-refractivity contribution in [2.75, 3.05) is 5.32 Å². The van der Waals surface area contributed by atoms with Crippen LogP contribution < -0.4 is 10.1 Å². The van der Waals surface area contributed by atoms with Gasteiger partial charge in [-0.3, -0.25) is 10.1 Å². The van der Waals surface area contributed by atoms with Crippen LogP contribution in [0.3, 0.4) is 0 Å². The van der Waals surface area contributed by atoms with Gasteiger partial charge in [-0.2, -0.15) is 0 Å². The number of benzene rings is 1. The zero-order chi connectivity index (χ0) is 18.1. The Kier molecular flexibility index (Phi) is 4.83. The van der Waals surface area contributed by atoms with Crippen molar-refractivity contribution in [1.82, 2.24) is 4.98 Å². The lowest BCUT2D eigenvalue weighted by atomic mass is 10.1. The summed E-state index contributed by atoms with van der Waals surface area (Å²) >= 11 is 0.802. The van der Waals surface area contributed by atoms with Gasteiger partial charge in [0.2, 0.25) is 0 Å². The monoisotopic (exact) mass is 356 g/mol. The SMILES string of the molecule is Cc1nc(NC(=O)C(C)(C)Oc2ccc(F)cc2F)sc1C(=O)O. The molecule has 1 aromatic heterocycles. The number of carbonyl (C=O) groups excluding carboxylic acids is 1. The first-order valence-electron chi connectivity index (χ1n) is 6.76. The van der Waals surface area contributed by atoms with E-state index in [2.05, 4.69) is 10.3 Å². The number of nitrogens with one attached hydrogen (secondary N) is 1. The number of carboxylic acids is 1. The van der Waals surface area contributed by atoms with Gasteiger partial charge in [-0.25, -0.2) is 18.6 Å². The molecule has 0 aliphatic heterocycles. The molecule has 128 valence electrons. The molecule has 0 bridgehead atoms. The van der Waals surface area contributed by atoms with E-state index in [9.17, 15) is 18.4 Å². The van der Waals surface area contributed by atoms with Crippen LogP contribution in [0.15, 0.2) is 18.2 Å². The number of aromatic carboxylic acids is 1. The molecular weight excluding hydrogens is 342 g/mol. The average molecular weight is 356 g/mol. The van der Waals surface area contributed by atoms with E-state index in [1.165, 1.54) is 20.8 Å². The van der Waals surface area contributed by atoms with E-state index in [1.54, 1.807) is 0 Å². The van der Waals surface area contributed by atoms with E-state index < -0.39 is 29.1 Å². The van der Waals surface area contributed by atoms with E-state index in [0.717, 1.165) is 23.5 Å². The Morgan fingerprint density at radius 1 is 1.33 bits per heavy atom. The third kappa shape index (κ3) is 3.85. The van der Waals surface area contributed by atoms with Crippen LogP contribution in [0.5, 0.6) is 5.75 Å². The van der Waals surface area contributed by atoms with Crippen LogP contribution in [0.25, 0.3) is 0 Å². The first-order valence-corrected chi connectivity index (χ1v) is 7.58. The molecule has 2 N–H and O–H groups in total. The lowest BCUT2D eigenvalue weighted by Gasteiger charge is -2.24. The molecule has 0 saturated carbocycles. The van der Waals surface area contributed by atoms with Gasteiger partial charge in [0.15, 0.2) is 22.3 Å². The first-order chi connectivity index (χ1) is 11.1. The first kappa shape index (κ1) is 17.8. The summed E-state index contributed by atoms with van der Waals surface area (Å²) in [7, 11) is 0. The van der Waals surface area contributed by atoms with Gasteiger partial charge in [0.25, 0.3) is 5.91 Å². The van der Waals surface area contributed by atoms with Gasteiger partial charge in [-0.1, -0.05) is 11.3 Å².